The van der Waals surface area contributed by atoms with Crippen molar-refractivity contribution < 1.29 is 9.84 Å². The highest BCUT2D eigenvalue weighted by Gasteiger charge is 2.52. The smallest absolute Gasteiger partial charge is 0.120 e. The lowest BCUT2D eigenvalue weighted by atomic mass is 9.52. The number of fused-ring (bicyclic) bond motifs is 5. The van der Waals surface area contributed by atoms with Crippen LogP contribution in [0.25, 0.3) is 0 Å². The van der Waals surface area contributed by atoms with Crippen LogP contribution < -0.4 is 4.74 Å². The van der Waals surface area contributed by atoms with E-state index >= 15 is 0 Å². The molecule has 2 aromatic carbocycles. The van der Waals surface area contributed by atoms with Crippen molar-refractivity contribution in [3.8, 4) is 5.75 Å². The summed E-state index contributed by atoms with van der Waals surface area (Å²) < 4.78 is 6.20. The van der Waals surface area contributed by atoms with E-state index in [2.05, 4.69) is 55.5 Å². The normalized spacial score (nSPS) is 30.9. The molecule has 0 aromatic heterocycles. The molecule has 172 valence electrons. The first-order chi connectivity index (χ1) is 15.7. The Morgan fingerprint density at radius 3 is 2.72 bits per heavy atom. The van der Waals surface area contributed by atoms with Gasteiger partial charge in [0.05, 0.1) is 0 Å². The lowest BCUT2D eigenvalue weighted by molar-refractivity contribution is 0.0224. The minimum atomic E-state index is 0.336. The van der Waals surface area contributed by atoms with E-state index in [4.69, 9.17) is 4.74 Å². The average molecular weight is 433 g/mol. The summed E-state index contributed by atoms with van der Waals surface area (Å²) in [5.74, 6) is 4.31. The molecule has 1 N–H and O–H groups in total. The Hall–Kier alpha value is -1.80. The van der Waals surface area contributed by atoms with Crippen molar-refractivity contribution in [1.82, 2.24) is 0 Å². The molecule has 3 aliphatic rings. The van der Waals surface area contributed by atoms with Gasteiger partial charge < -0.3 is 9.84 Å². The van der Waals surface area contributed by atoms with E-state index < -0.39 is 0 Å². The summed E-state index contributed by atoms with van der Waals surface area (Å²) in [4.78, 5) is 0. The summed E-state index contributed by atoms with van der Waals surface area (Å²) in [7, 11) is 0. The van der Waals surface area contributed by atoms with Gasteiger partial charge in [0.25, 0.3) is 0 Å². The molecule has 0 radical (unpaired) electrons. The molecule has 5 atom stereocenters. The minimum Gasteiger partial charge on any atom is -0.489 e. The minimum absolute atomic E-state index is 0.336. The second-order valence-corrected chi connectivity index (χ2v) is 11.0. The molecule has 0 heterocycles. The summed E-state index contributed by atoms with van der Waals surface area (Å²) in [6, 6.07) is 17.5. The first-order valence-corrected chi connectivity index (χ1v) is 13.1. The van der Waals surface area contributed by atoms with Gasteiger partial charge in [0, 0.05) is 6.61 Å². The predicted molar refractivity (Wildman–Crippen MR) is 131 cm³/mol. The maximum Gasteiger partial charge on any atom is 0.120 e. The number of hydrogen-bond acceptors (Lipinski definition) is 2. The number of aliphatic hydroxyl groups is 1. The van der Waals surface area contributed by atoms with Crippen LogP contribution in [0.4, 0.5) is 0 Å². The van der Waals surface area contributed by atoms with Gasteiger partial charge in [0.2, 0.25) is 0 Å². The van der Waals surface area contributed by atoms with Crippen LogP contribution in [0.1, 0.15) is 87.3 Å². The summed E-state index contributed by atoms with van der Waals surface area (Å²) in [5, 5.41) is 9.23. The van der Waals surface area contributed by atoms with Gasteiger partial charge in [-0.05, 0) is 103 Å². The van der Waals surface area contributed by atoms with E-state index in [9.17, 15) is 5.11 Å². The van der Waals surface area contributed by atoms with Crippen LogP contribution in [0.15, 0.2) is 48.5 Å². The molecule has 2 saturated carbocycles. The van der Waals surface area contributed by atoms with Crippen LogP contribution >= 0.6 is 0 Å². The molecule has 0 saturated heterocycles. The standard InChI is InChI=1S/C30H40O2/c1-30-16-8-12-28(30)29-23(11-6-3-7-18-31)19-24-20-25(13-14-26(24)27(29)15-17-30)32-21-22-9-4-2-5-10-22/h2,4-5,9-10,13-14,20,23,27-29,31H,3,6-8,11-12,15-19,21H2,1H3/t23-,27-,28+,29-,30+/m1/s1. The highest BCUT2D eigenvalue weighted by Crippen LogP contribution is 2.62. The third-order valence-corrected chi connectivity index (χ3v) is 9.14. The largest absolute Gasteiger partial charge is 0.489 e. The highest BCUT2D eigenvalue weighted by molar-refractivity contribution is 5.41. The molecule has 2 fully saturated rings. The van der Waals surface area contributed by atoms with Gasteiger partial charge in [0.15, 0.2) is 0 Å². The van der Waals surface area contributed by atoms with Crippen LogP contribution in [-0.2, 0) is 13.0 Å². The molecule has 3 aliphatic carbocycles. The van der Waals surface area contributed by atoms with E-state index in [1.807, 2.05) is 0 Å². The van der Waals surface area contributed by atoms with Gasteiger partial charge in [-0.15, -0.1) is 0 Å². The van der Waals surface area contributed by atoms with E-state index in [0.29, 0.717) is 18.6 Å². The number of aliphatic hydroxyl groups excluding tert-OH is 1. The number of hydrogen-bond donors (Lipinski definition) is 1. The van der Waals surface area contributed by atoms with Gasteiger partial charge in [-0.2, -0.15) is 0 Å². The lowest BCUT2D eigenvalue weighted by Crippen LogP contribution is -2.44. The topological polar surface area (TPSA) is 29.5 Å². The van der Waals surface area contributed by atoms with Gasteiger partial charge >= 0.3 is 0 Å². The Morgan fingerprint density at radius 1 is 1.00 bits per heavy atom. The van der Waals surface area contributed by atoms with Gasteiger partial charge in [-0.3, -0.25) is 0 Å². The fourth-order valence-electron chi connectivity index (χ4n) is 7.56. The summed E-state index contributed by atoms with van der Waals surface area (Å²) >= 11 is 0. The van der Waals surface area contributed by atoms with Crippen LogP contribution in [0, 0.1) is 23.2 Å². The van der Waals surface area contributed by atoms with E-state index in [1.54, 1.807) is 11.1 Å². The molecule has 2 heteroatoms. The van der Waals surface area contributed by atoms with Crippen LogP contribution in [-0.4, -0.2) is 11.7 Å². The number of benzene rings is 2. The molecule has 5 rings (SSSR count). The van der Waals surface area contributed by atoms with Crippen LogP contribution in [0.2, 0.25) is 0 Å². The number of ether oxygens (including phenoxy) is 1. The SMILES string of the molecule is C[C@@]12CCC[C@H]1[C@@H]1[C@H](CCCCCO)Cc3cc(OCc4ccccc4)ccc3[C@H]1CC2. The van der Waals surface area contributed by atoms with Crippen LogP contribution in [0.3, 0.4) is 0 Å². The second kappa shape index (κ2) is 9.59. The molecule has 32 heavy (non-hydrogen) atoms. The van der Waals surface area contributed by atoms with Gasteiger partial charge in [0.1, 0.15) is 12.4 Å². The van der Waals surface area contributed by atoms with Gasteiger partial charge in [-0.1, -0.05) is 62.6 Å². The third kappa shape index (κ3) is 4.36. The molecule has 2 aromatic rings. The summed E-state index contributed by atoms with van der Waals surface area (Å²) in [5.41, 5.74) is 4.98. The molecule has 0 amide bonds. The summed E-state index contributed by atoms with van der Waals surface area (Å²) in [6.07, 6.45) is 13.0. The lowest BCUT2D eigenvalue weighted by Gasteiger charge is -2.52. The monoisotopic (exact) mass is 432 g/mol. The zero-order chi connectivity index (χ0) is 22.0. The Kier molecular flexibility index (Phi) is 6.60. The Labute approximate surface area is 194 Å². The zero-order valence-electron chi connectivity index (χ0n) is 19.8. The van der Waals surface area contributed by atoms with Crippen molar-refractivity contribution in [2.24, 2.45) is 23.2 Å². The van der Waals surface area contributed by atoms with Crippen molar-refractivity contribution in [2.75, 3.05) is 6.61 Å². The van der Waals surface area contributed by atoms with E-state index in [0.717, 1.165) is 35.8 Å². The fourth-order valence-corrected chi connectivity index (χ4v) is 7.56. The Balaban J connectivity index is 1.37. The van der Waals surface area contributed by atoms with E-state index in [-0.39, 0.29) is 0 Å². The average Bonchev–Trinajstić information content (AvgIpc) is 3.22. The van der Waals surface area contributed by atoms with Crippen molar-refractivity contribution in [2.45, 2.75) is 83.7 Å². The molecule has 0 unspecified atom stereocenters. The fraction of sp³-hybridized carbons (Fsp3) is 0.600. The molecular weight excluding hydrogens is 392 g/mol. The molecule has 2 nitrogen and oxygen atoms in total. The predicted octanol–water partition coefficient (Wildman–Crippen LogP) is 7.29. The first kappa shape index (κ1) is 22.0. The zero-order valence-corrected chi connectivity index (χ0v) is 19.8. The summed E-state index contributed by atoms with van der Waals surface area (Å²) in [6.45, 7) is 3.57. The van der Waals surface area contributed by atoms with Gasteiger partial charge in [-0.25, -0.2) is 0 Å². The van der Waals surface area contributed by atoms with Crippen LogP contribution in [0.5, 0.6) is 5.75 Å². The van der Waals surface area contributed by atoms with Crippen molar-refractivity contribution in [3.05, 3.63) is 65.2 Å². The first-order valence-electron chi connectivity index (χ1n) is 13.1. The maximum atomic E-state index is 9.23. The highest BCUT2D eigenvalue weighted by atomic mass is 16.5. The third-order valence-electron chi connectivity index (χ3n) is 9.14. The second-order valence-electron chi connectivity index (χ2n) is 11.0. The van der Waals surface area contributed by atoms with Crippen molar-refractivity contribution in [1.29, 1.82) is 0 Å². The molecule has 0 aliphatic heterocycles. The Morgan fingerprint density at radius 2 is 1.88 bits per heavy atom. The van der Waals surface area contributed by atoms with E-state index in [1.165, 1.54) is 63.4 Å². The Bertz CT molecular complexity index is 891. The number of rotatable bonds is 8. The quantitative estimate of drug-likeness (QED) is 0.444. The maximum absolute atomic E-state index is 9.23. The molecular formula is C30H40O2. The molecule has 0 spiro atoms. The van der Waals surface area contributed by atoms with Crippen molar-refractivity contribution in [3.63, 3.8) is 0 Å². The van der Waals surface area contributed by atoms with Crippen molar-refractivity contribution >= 4 is 0 Å². The number of unbranched alkanes of at least 4 members (excludes halogenated alkanes) is 2. The molecule has 0 bridgehead atoms.